The van der Waals surface area contributed by atoms with Gasteiger partial charge < -0.3 is 5.73 Å². The van der Waals surface area contributed by atoms with Crippen molar-refractivity contribution >= 4 is 0 Å². The lowest BCUT2D eigenvalue weighted by Gasteiger charge is -2.23. The van der Waals surface area contributed by atoms with E-state index in [-0.39, 0.29) is 6.04 Å². The van der Waals surface area contributed by atoms with E-state index in [1.807, 2.05) is 24.9 Å². The fraction of sp³-hybridized carbons (Fsp3) is 0.750. The summed E-state index contributed by atoms with van der Waals surface area (Å²) in [6, 6.07) is 0.0921. The highest BCUT2D eigenvalue weighted by molar-refractivity contribution is 5.25. The first-order valence-electron chi connectivity index (χ1n) is 5.97. The van der Waals surface area contributed by atoms with Crippen molar-refractivity contribution in [2.45, 2.75) is 51.0 Å². The average Bonchev–Trinajstić information content (AvgIpc) is 2.61. The van der Waals surface area contributed by atoms with E-state index in [1.54, 1.807) is 0 Å². The van der Waals surface area contributed by atoms with Gasteiger partial charge in [-0.15, -0.1) is 0 Å². The van der Waals surface area contributed by atoms with Gasteiger partial charge in [-0.25, -0.2) is 0 Å². The van der Waals surface area contributed by atoms with Crippen LogP contribution in [0.4, 0.5) is 0 Å². The molecule has 84 valence electrons. The SMILES string of the molecule is CC(N)c1c(C2CCCCC2)cnn1C. The van der Waals surface area contributed by atoms with E-state index in [2.05, 4.69) is 5.10 Å². The molecule has 1 unspecified atom stereocenters. The zero-order valence-corrected chi connectivity index (χ0v) is 9.74. The molecule has 0 aromatic carbocycles. The lowest BCUT2D eigenvalue weighted by atomic mass is 9.83. The third kappa shape index (κ3) is 2.07. The van der Waals surface area contributed by atoms with Crippen LogP contribution in [0.5, 0.6) is 0 Å². The predicted molar refractivity (Wildman–Crippen MR) is 61.6 cm³/mol. The molecule has 1 fully saturated rings. The second-order valence-corrected chi connectivity index (χ2v) is 4.73. The molecule has 3 heteroatoms. The van der Waals surface area contributed by atoms with Gasteiger partial charge in [0.1, 0.15) is 0 Å². The fourth-order valence-corrected chi connectivity index (χ4v) is 2.75. The quantitative estimate of drug-likeness (QED) is 0.809. The van der Waals surface area contributed by atoms with Crippen LogP contribution >= 0.6 is 0 Å². The minimum Gasteiger partial charge on any atom is -0.323 e. The number of nitrogens with zero attached hydrogens (tertiary/aromatic N) is 2. The molecule has 0 radical (unpaired) electrons. The Labute approximate surface area is 91.7 Å². The molecule has 0 spiro atoms. The average molecular weight is 207 g/mol. The van der Waals surface area contributed by atoms with Crippen molar-refractivity contribution in [3.63, 3.8) is 0 Å². The zero-order chi connectivity index (χ0) is 10.8. The third-order valence-corrected chi connectivity index (χ3v) is 3.49. The number of aromatic nitrogens is 2. The Kier molecular flexibility index (Phi) is 3.10. The largest absolute Gasteiger partial charge is 0.323 e. The van der Waals surface area contributed by atoms with Crippen molar-refractivity contribution in [3.05, 3.63) is 17.5 Å². The highest BCUT2D eigenvalue weighted by Gasteiger charge is 2.22. The van der Waals surface area contributed by atoms with Gasteiger partial charge in [-0.1, -0.05) is 19.3 Å². The van der Waals surface area contributed by atoms with Gasteiger partial charge in [0.2, 0.25) is 0 Å². The number of hydrogen-bond donors (Lipinski definition) is 1. The Hall–Kier alpha value is -0.830. The highest BCUT2D eigenvalue weighted by atomic mass is 15.3. The molecule has 2 N–H and O–H groups in total. The van der Waals surface area contributed by atoms with Gasteiger partial charge >= 0.3 is 0 Å². The molecule has 1 heterocycles. The van der Waals surface area contributed by atoms with Crippen LogP contribution in [0.3, 0.4) is 0 Å². The van der Waals surface area contributed by atoms with Crippen LogP contribution in [0, 0.1) is 0 Å². The maximum absolute atomic E-state index is 6.01. The number of nitrogens with two attached hydrogens (primary N) is 1. The van der Waals surface area contributed by atoms with Crippen molar-refractivity contribution in [2.24, 2.45) is 12.8 Å². The third-order valence-electron chi connectivity index (χ3n) is 3.49. The van der Waals surface area contributed by atoms with Crippen molar-refractivity contribution < 1.29 is 0 Å². The van der Waals surface area contributed by atoms with E-state index in [9.17, 15) is 0 Å². The van der Waals surface area contributed by atoms with E-state index in [4.69, 9.17) is 5.73 Å². The summed E-state index contributed by atoms with van der Waals surface area (Å²) in [5, 5.41) is 4.35. The second kappa shape index (κ2) is 4.35. The van der Waals surface area contributed by atoms with Gasteiger partial charge in [0.15, 0.2) is 0 Å². The van der Waals surface area contributed by atoms with Crippen LogP contribution in [0.25, 0.3) is 0 Å². The van der Waals surface area contributed by atoms with E-state index >= 15 is 0 Å². The standard InChI is InChI=1S/C12H21N3/c1-9(13)12-11(8-14-15(12)2)10-6-4-3-5-7-10/h8-10H,3-7,13H2,1-2H3. The molecular formula is C12H21N3. The first-order valence-corrected chi connectivity index (χ1v) is 5.97. The number of rotatable bonds is 2. The Morgan fingerprint density at radius 1 is 1.40 bits per heavy atom. The van der Waals surface area contributed by atoms with E-state index in [0.29, 0.717) is 5.92 Å². The van der Waals surface area contributed by atoms with Crippen molar-refractivity contribution in [1.29, 1.82) is 0 Å². The molecule has 0 aliphatic heterocycles. The first-order chi connectivity index (χ1) is 7.20. The van der Waals surface area contributed by atoms with Gasteiger partial charge in [-0.2, -0.15) is 5.10 Å². The van der Waals surface area contributed by atoms with Crippen molar-refractivity contribution in [3.8, 4) is 0 Å². The summed E-state index contributed by atoms with van der Waals surface area (Å²) < 4.78 is 1.94. The molecule has 3 nitrogen and oxygen atoms in total. The van der Waals surface area contributed by atoms with Crippen LogP contribution < -0.4 is 5.73 Å². The molecule has 0 bridgehead atoms. The molecule has 1 aromatic heterocycles. The minimum absolute atomic E-state index is 0.0921. The number of hydrogen-bond acceptors (Lipinski definition) is 2. The highest BCUT2D eigenvalue weighted by Crippen LogP contribution is 2.35. The van der Waals surface area contributed by atoms with Gasteiger partial charge in [0, 0.05) is 13.1 Å². The van der Waals surface area contributed by atoms with Crippen LogP contribution in [0.2, 0.25) is 0 Å². The van der Waals surface area contributed by atoms with Gasteiger partial charge in [-0.05, 0) is 31.2 Å². The Morgan fingerprint density at radius 2 is 2.07 bits per heavy atom. The Bertz CT molecular complexity index is 322. The van der Waals surface area contributed by atoms with Crippen LogP contribution in [-0.2, 0) is 7.05 Å². The molecule has 1 saturated carbocycles. The van der Waals surface area contributed by atoms with Crippen LogP contribution in [0.15, 0.2) is 6.20 Å². The lowest BCUT2D eigenvalue weighted by Crippen LogP contribution is -2.15. The summed E-state index contributed by atoms with van der Waals surface area (Å²) in [7, 11) is 1.99. The van der Waals surface area contributed by atoms with E-state index < -0.39 is 0 Å². The van der Waals surface area contributed by atoms with E-state index in [1.165, 1.54) is 43.4 Å². The predicted octanol–water partition coefficient (Wildman–Crippen LogP) is 2.49. The summed E-state index contributed by atoms with van der Waals surface area (Å²) in [4.78, 5) is 0. The topological polar surface area (TPSA) is 43.8 Å². The van der Waals surface area contributed by atoms with E-state index in [0.717, 1.165) is 0 Å². The normalized spacial score (nSPS) is 20.5. The summed E-state index contributed by atoms with van der Waals surface area (Å²) in [5.41, 5.74) is 8.63. The lowest BCUT2D eigenvalue weighted by molar-refractivity contribution is 0.439. The monoisotopic (exact) mass is 207 g/mol. The van der Waals surface area contributed by atoms with Crippen molar-refractivity contribution in [2.75, 3.05) is 0 Å². The summed E-state index contributed by atoms with van der Waals surface area (Å²) in [6.45, 7) is 2.04. The van der Waals surface area contributed by atoms with Crippen molar-refractivity contribution in [1.82, 2.24) is 9.78 Å². The molecular weight excluding hydrogens is 186 g/mol. The van der Waals surface area contributed by atoms with Crippen LogP contribution in [0.1, 0.15) is 62.2 Å². The molecule has 0 saturated heterocycles. The Balaban J connectivity index is 2.26. The summed E-state index contributed by atoms with van der Waals surface area (Å²) >= 11 is 0. The van der Waals surface area contributed by atoms with Gasteiger partial charge in [0.25, 0.3) is 0 Å². The molecule has 1 atom stereocenters. The molecule has 1 aliphatic rings. The Morgan fingerprint density at radius 3 is 2.67 bits per heavy atom. The molecule has 2 rings (SSSR count). The second-order valence-electron chi connectivity index (χ2n) is 4.73. The minimum atomic E-state index is 0.0921. The maximum atomic E-state index is 6.01. The molecule has 15 heavy (non-hydrogen) atoms. The number of aryl methyl sites for hydroxylation is 1. The fourth-order valence-electron chi connectivity index (χ4n) is 2.75. The summed E-state index contributed by atoms with van der Waals surface area (Å²) in [6.07, 6.45) is 8.76. The zero-order valence-electron chi connectivity index (χ0n) is 9.74. The smallest absolute Gasteiger partial charge is 0.0580 e. The first kappa shape index (κ1) is 10.7. The molecule has 0 amide bonds. The van der Waals surface area contributed by atoms with Gasteiger partial charge in [0.05, 0.1) is 11.9 Å². The molecule has 1 aromatic rings. The summed E-state index contributed by atoms with van der Waals surface area (Å²) in [5.74, 6) is 0.702. The van der Waals surface area contributed by atoms with Crippen LogP contribution in [-0.4, -0.2) is 9.78 Å². The maximum Gasteiger partial charge on any atom is 0.0580 e. The molecule has 1 aliphatic carbocycles. The van der Waals surface area contributed by atoms with Gasteiger partial charge in [-0.3, -0.25) is 4.68 Å².